The van der Waals surface area contributed by atoms with E-state index >= 15 is 0 Å². The summed E-state index contributed by atoms with van der Waals surface area (Å²) in [5, 5.41) is 18.0. The number of thiazole rings is 1. The number of aromatic nitrogens is 4. The number of amides is 1. The van der Waals surface area contributed by atoms with E-state index in [-0.39, 0.29) is 11.7 Å². The first kappa shape index (κ1) is 17.7. The molecule has 1 aliphatic rings. The van der Waals surface area contributed by atoms with Crippen molar-refractivity contribution in [3.63, 3.8) is 0 Å². The van der Waals surface area contributed by atoms with Gasteiger partial charge in [0.1, 0.15) is 0 Å². The van der Waals surface area contributed by atoms with E-state index < -0.39 is 0 Å². The molecule has 25 heavy (non-hydrogen) atoms. The quantitative estimate of drug-likeness (QED) is 0.399. The fourth-order valence-corrected chi connectivity index (χ4v) is 3.71. The fraction of sp³-hybridized carbons (Fsp3) is 0.500. The van der Waals surface area contributed by atoms with Crippen LogP contribution in [-0.4, -0.2) is 37.2 Å². The SMILES string of the molecule is Cc1csc(NC(=O)CSc2nnc(NN=C3CCCCC3)n2N)n1. The predicted molar refractivity (Wildman–Crippen MR) is 101 cm³/mol. The minimum absolute atomic E-state index is 0.167. The number of thioether (sulfide) groups is 1. The summed E-state index contributed by atoms with van der Waals surface area (Å²) in [4.78, 5) is 16.1. The van der Waals surface area contributed by atoms with Crippen molar-refractivity contribution >= 4 is 45.8 Å². The van der Waals surface area contributed by atoms with Crippen LogP contribution >= 0.6 is 23.1 Å². The second-order valence-corrected chi connectivity index (χ2v) is 7.46. The van der Waals surface area contributed by atoms with Crippen LogP contribution in [0, 0.1) is 6.92 Å². The highest BCUT2D eigenvalue weighted by atomic mass is 32.2. The number of hydrogen-bond donors (Lipinski definition) is 3. The number of nitrogens with one attached hydrogen (secondary N) is 2. The molecule has 0 radical (unpaired) electrons. The van der Waals surface area contributed by atoms with Gasteiger partial charge in [0.2, 0.25) is 11.1 Å². The van der Waals surface area contributed by atoms with Gasteiger partial charge in [-0.1, -0.05) is 18.2 Å². The van der Waals surface area contributed by atoms with Gasteiger partial charge in [-0.25, -0.2) is 15.1 Å². The number of anilines is 2. The Morgan fingerprint density at radius 3 is 2.92 bits per heavy atom. The van der Waals surface area contributed by atoms with Gasteiger partial charge in [0, 0.05) is 11.1 Å². The summed E-state index contributed by atoms with van der Waals surface area (Å²) in [7, 11) is 0. The zero-order valence-corrected chi connectivity index (χ0v) is 15.5. The van der Waals surface area contributed by atoms with E-state index in [0.717, 1.165) is 24.2 Å². The van der Waals surface area contributed by atoms with Gasteiger partial charge < -0.3 is 11.2 Å². The molecule has 1 aliphatic carbocycles. The summed E-state index contributed by atoms with van der Waals surface area (Å²) in [5.41, 5.74) is 4.87. The number of carbonyl (C=O) groups is 1. The van der Waals surface area contributed by atoms with Crippen molar-refractivity contribution in [2.45, 2.75) is 44.2 Å². The van der Waals surface area contributed by atoms with Crippen molar-refractivity contribution < 1.29 is 4.79 Å². The van der Waals surface area contributed by atoms with Crippen LogP contribution in [-0.2, 0) is 4.79 Å². The third-order valence-corrected chi connectivity index (χ3v) is 5.43. The molecule has 1 fully saturated rings. The molecule has 2 aromatic rings. The van der Waals surface area contributed by atoms with Crippen LogP contribution in [0.25, 0.3) is 0 Å². The van der Waals surface area contributed by atoms with E-state index in [4.69, 9.17) is 5.84 Å². The normalized spacial score (nSPS) is 14.4. The number of nitrogens with two attached hydrogens (primary N) is 1. The zero-order chi connectivity index (χ0) is 17.6. The van der Waals surface area contributed by atoms with Gasteiger partial charge in [-0.05, 0) is 32.6 Å². The van der Waals surface area contributed by atoms with Gasteiger partial charge in [-0.3, -0.25) is 4.79 Å². The molecule has 0 aliphatic heterocycles. The number of nitrogens with zero attached hydrogens (tertiary/aromatic N) is 5. The summed E-state index contributed by atoms with van der Waals surface area (Å²) in [5.74, 6) is 6.32. The van der Waals surface area contributed by atoms with Gasteiger partial charge in [-0.2, -0.15) is 5.10 Å². The van der Waals surface area contributed by atoms with Gasteiger partial charge in [0.25, 0.3) is 5.95 Å². The summed E-state index contributed by atoms with van der Waals surface area (Å²) in [6.45, 7) is 1.88. The minimum Gasteiger partial charge on any atom is -0.334 e. The Hall–Kier alpha value is -2.14. The van der Waals surface area contributed by atoms with Gasteiger partial charge in [0.15, 0.2) is 5.13 Å². The maximum absolute atomic E-state index is 11.9. The highest BCUT2D eigenvalue weighted by Gasteiger charge is 2.13. The van der Waals surface area contributed by atoms with Gasteiger partial charge >= 0.3 is 0 Å². The first-order valence-corrected chi connectivity index (χ1v) is 9.85. The summed E-state index contributed by atoms with van der Waals surface area (Å²) in [6.07, 6.45) is 5.61. The van der Waals surface area contributed by atoms with Gasteiger partial charge in [-0.15, -0.1) is 21.5 Å². The highest BCUT2D eigenvalue weighted by Crippen LogP contribution is 2.19. The number of aryl methyl sites for hydroxylation is 1. The lowest BCUT2D eigenvalue weighted by Gasteiger charge is -2.12. The van der Waals surface area contributed by atoms with E-state index in [9.17, 15) is 4.79 Å². The summed E-state index contributed by atoms with van der Waals surface area (Å²) in [6, 6.07) is 0. The number of hydrazone groups is 1. The zero-order valence-electron chi connectivity index (χ0n) is 13.9. The summed E-state index contributed by atoms with van der Waals surface area (Å²) < 4.78 is 1.30. The van der Waals surface area contributed by atoms with Crippen LogP contribution in [0.4, 0.5) is 11.1 Å². The van der Waals surface area contributed by atoms with E-state index in [2.05, 4.69) is 31.0 Å². The maximum atomic E-state index is 11.9. The Morgan fingerprint density at radius 1 is 1.40 bits per heavy atom. The fourth-order valence-electron chi connectivity index (χ4n) is 2.35. The topological polar surface area (TPSA) is 123 Å². The number of rotatable bonds is 6. The number of carbonyl (C=O) groups excluding carboxylic acids is 1. The van der Waals surface area contributed by atoms with Crippen LogP contribution in [0.1, 0.15) is 37.8 Å². The summed E-state index contributed by atoms with van der Waals surface area (Å²) >= 11 is 2.60. The van der Waals surface area contributed by atoms with Crippen molar-refractivity contribution in [1.82, 2.24) is 19.9 Å². The Kier molecular flexibility index (Phi) is 5.87. The first-order valence-electron chi connectivity index (χ1n) is 7.98. The lowest BCUT2D eigenvalue weighted by molar-refractivity contribution is -0.113. The van der Waals surface area contributed by atoms with Crippen LogP contribution in [0.15, 0.2) is 15.6 Å². The van der Waals surface area contributed by atoms with Crippen LogP contribution in [0.3, 0.4) is 0 Å². The van der Waals surface area contributed by atoms with E-state index in [1.54, 1.807) is 0 Å². The Balaban J connectivity index is 1.51. The molecule has 0 saturated heterocycles. The lowest BCUT2D eigenvalue weighted by atomic mass is 9.99. The van der Waals surface area contributed by atoms with Crippen LogP contribution in [0.5, 0.6) is 0 Å². The van der Waals surface area contributed by atoms with Crippen molar-refractivity contribution in [1.29, 1.82) is 0 Å². The third kappa shape index (κ3) is 4.92. The highest BCUT2D eigenvalue weighted by molar-refractivity contribution is 7.99. The molecular formula is C14H20N8OS2. The lowest BCUT2D eigenvalue weighted by Crippen LogP contribution is -2.17. The maximum Gasteiger partial charge on any atom is 0.264 e. The monoisotopic (exact) mass is 380 g/mol. The molecule has 0 spiro atoms. The molecule has 1 saturated carbocycles. The number of hydrogen-bond acceptors (Lipinski definition) is 9. The standard InChI is InChI=1S/C14H20N8OS2/c1-9-7-24-13(16-9)17-11(23)8-25-14-21-20-12(22(14)15)19-18-10-5-3-2-4-6-10/h7H,2-6,8,15H2,1H3,(H,19,20)(H,16,17,23). The largest absolute Gasteiger partial charge is 0.334 e. The molecule has 1 amide bonds. The van der Waals surface area contributed by atoms with E-state index in [0.29, 0.717) is 16.2 Å². The molecule has 0 bridgehead atoms. The Bertz CT molecular complexity index is 761. The Labute approximate surface area is 153 Å². The average molecular weight is 381 g/mol. The van der Waals surface area contributed by atoms with Crippen LogP contribution in [0.2, 0.25) is 0 Å². The average Bonchev–Trinajstić information content (AvgIpc) is 3.18. The smallest absolute Gasteiger partial charge is 0.264 e. The van der Waals surface area contributed by atoms with Gasteiger partial charge in [0.05, 0.1) is 11.4 Å². The van der Waals surface area contributed by atoms with Crippen molar-refractivity contribution in [2.75, 3.05) is 22.3 Å². The third-order valence-electron chi connectivity index (χ3n) is 3.61. The Morgan fingerprint density at radius 2 is 2.20 bits per heavy atom. The molecule has 11 heteroatoms. The van der Waals surface area contributed by atoms with Crippen molar-refractivity contribution in [3.05, 3.63) is 11.1 Å². The molecule has 0 aromatic carbocycles. The minimum atomic E-state index is -0.167. The molecule has 4 N–H and O–H groups in total. The van der Waals surface area contributed by atoms with Crippen LogP contribution < -0.4 is 16.6 Å². The second-order valence-electron chi connectivity index (χ2n) is 5.66. The molecule has 2 heterocycles. The number of nitrogen functional groups attached to an aromatic ring is 1. The van der Waals surface area contributed by atoms with Crippen molar-refractivity contribution in [3.8, 4) is 0 Å². The molecule has 3 rings (SSSR count). The molecule has 0 atom stereocenters. The van der Waals surface area contributed by atoms with E-state index in [1.165, 1.54) is 47.0 Å². The van der Waals surface area contributed by atoms with Crippen molar-refractivity contribution in [2.24, 2.45) is 5.10 Å². The molecule has 2 aromatic heterocycles. The molecule has 9 nitrogen and oxygen atoms in total. The molecule has 134 valence electrons. The second kappa shape index (κ2) is 8.30. The molecular weight excluding hydrogens is 360 g/mol. The predicted octanol–water partition coefficient (Wildman–Crippen LogP) is 2.22. The van der Waals surface area contributed by atoms with E-state index in [1.807, 2.05) is 12.3 Å². The first-order chi connectivity index (χ1) is 12.1. The molecule has 0 unspecified atom stereocenters.